The predicted octanol–water partition coefficient (Wildman–Crippen LogP) is 2.81. The van der Waals surface area contributed by atoms with Crippen LogP contribution in [0.5, 0.6) is 0 Å². The average molecular weight is 298 g/mol. The van der Waals surface area contributed by atoms with E-state index in [9.17, 15) is 13.2 Å². The first-order chi connectivity index (χ1) is 7.22. The lowest BCUT2D eigenvalue weighted by molar-refractivity contribution is -0.265. The van der Waals surface area contributed by atoms with Crippen LogP contribution in [-0.4, -0.2) is 17.0 Å². The summed E-state index contributed by atoms with van der Waals surface area (Å²) < 4.78 is 37.7. The number of hydrogen-bond donors (Lipinski definition) is 2. The Kier molecular flexibility index (Phi) is 3.98. The van der Waals surface area contributed by atoms with Gasteiger partial charge >= 0.3 is 6.18 Å². The van der Waals surface area contributed by atoms with E-state index in [1.807, 2.05) is 0 Å². The zero-order chi connectivity index (χ0) is 12.4. The minimum atomic E-state index is -4.70. The van der Waals surface area contributed by atoms with Gasteiger partial charge in [-0.1, -0.05) is 28.1 Å². The number of hydrogen-bond acceptors (Lipinski definition) is 2. The number of halogens is 4. The predicted molar refractivity (Wildman–Crippen MR) is 57.7 cm³/mol. The lowest BCUT2D eigenvalue weighted by Crippen LogP contribution is -2.53. The van der Waals surface area contributed by atoms with Gasteiger partial charge in [-0.05, 0) is 24.6 Å². The van der Waals surface area contributed by atoms with Crippen molar-refractivity contribution in [3.8, 4) is 0 Å². The second kappa shape index (κ2) is 4.73. The highest BCUT2D eigenvalue weighted by Gasteiger charge is 2.49. The standard InChI is InChI=1S/C10H11BrF3NO/c1-9(16,10(12,13)14)15-6-7-3-2-4-8(11)5-7/h2-5,15-16H,6H2,1H3. The highest BCUT2D eigenvalue weighted by atomic mass is 79.9. The Balaban J connectivity index is 2.65. The highest BCUT2D eigenvalue weighted by Crippen LogP contribution is 2.27. The zero-order valence-electron chi connectivity index (χ0n) is 8.48. The van der Waals surface area contributed by atoms with Crippen LogP contribution >= 0.6 is 15.9 Å². The van der Waals surface area contributed by atoms with Gasteiger partial charge in [-0.15, -0.1) is 0 Å². The van der Waals surface area contributed by atoms with E-state index in [1.165, 1.54) is 0 Å². The minimum Gasteiger partial charge on any atom is -0.368 e. The van der Waals surface area contributed by atoms with Crippen molar-refractivity contribution in [3.05, 3.63) is 34.3 Å². The lowest BCUT2D eigenvalue weighted by atomic mass is 10.2. The molecule has 0 aliphatic heterocycles. The summed E-state index contributed by atoms with van der Waals surface area (Å²) in [4.78, 5) is 0. The third-order valence-electron chi connectivity index (χ3n) is 2.08. The Morgan fingerprint density at radius 3 is 2.50 bits per heavy atom. The van der Waals surface area contributed by atoms with E-state index in [-0.39, 0.29) is 6.54 Å². The Morgan fingerprint density at radius 1 is 1.38 bits per heavy atom. The first kappa shape index (κ1) is 13.5. The van der Waals surface area contributed by atoms with Crippen LogP contribution in [0.1, 0.15) is 12.5 Å². The van der Waals surface area contributed by atoms with E-state index >= 15 is 0 Å². The van der Waals surface area contributed by atoms with E-state index in [0.717, 1.165) is 4.47 Å². The summed E-state index contributed by atoms with van der Waals surface area (Å²) in [5, 5.41) is 11.2. The summed E-state index contributed by atoms with van der Waals surface area (Å²) >= 11 is 3.21. The normalized spacial score (nSPS) is 15.9. The van der Waals surface area contributed by atoms with E-state index in [1.54, 1.807) is 24.3 Å². The van der Waals surface area contributed by atoms with Gasteiger partial charge in [-0.2, -0.15) is 13.2 Å². The molecule has 90 valence electrons. The Bertz CT molecular complexity index is 365. The molecule has 2 nitrogen and oxygen atoms in total. The van der Waals surface area contributed by atoms with Gasteiger partial charge in [0.2, 0.25) is 5.72 Å². The van der Waals surface area contributed by atoms with Crippen molar-refractivity contribution >= 4 is 15.9 Å². The van der Waals surface area contributed by atoms with E-state index < -0.39 is 11.9 Å². The topological polar surface area (TPSA) is 32.3 Å². The van der Waals surface area contributed by atoms with Crippen molar-refractivity contribution in [2.45, 2.75) is 25.4 Å². The van der Waals surface area contributed by atoms with Crippen molar-refractivity contribution in [2.75, 3.05) is 0 Å². The summed E-state index contributed by atoms with van der Waals surface area (Å²) in [5.74, 6) is 0. The molecule has 6 heteroatoms. The lowest BCUT2D eigenvalue weighted by Gasteiger charge is -2.27. The van der Waals surface area contributed by atoms with Crippen LogP contribution in [-0.2, 0) is 6.54 Å². The molecule has 0 bridgehead atoms. The molecule has 0 spiro atoms. The van der Waals surface area contributed by atoms with Crippen LogP contribution in [0.3, 0.4) is 0 Å². The quantitative estimate of drug-likeness (QED) is 0.841. The maximum atomic E-state index is 12.3. The summed E-state index contributed by atoms with van der Waals surface area (Å²) in [6, 6.07) is 6.83. The van der Waals surface area contributed by atoms with Crippen molar-refractivity contribution in [3.63, 3.8) is 0 Å². The molecule has 16 heavy (non-hydrogen) atoms. The summed E-state index contributed by atoms with van der Waals surface area (Å²) in [5.41, 5.74) is -2.23. The molecule has 1 atom stereocenters. The second-order valence-electron chi connectivity index (χ2n) is 3.55. The summed E-state index contributed by atoms with van der Waals surface area (Å²) in [6.45, 7) is 0.622. The van der Waals surface area contributed by atoms with Crippen LogP contribution < -0.4 is 5.32 Å². The van der Waals surface area contributed by atoms with E-state index in [2.05, 4.69) is 21.2 Å². The Hall–Kier alpha value is -0.590. The number of nitrogens with one attached hydrogen (secondary N) is 1. The van der Waals surface area contributed by atoms with Gasteiger partial charge < -0.3 is 5.11 Å². The van der Waals surface area contributed by atoms with Gasteiger partial charge in [0.25, 0.3) is 0 Å². The van der Waals surface area contributed by atoms with Crippen LogP contribution in [0.2, 0.25) is 0 Å². The molecule has 0 saturated carbocycles. The molecule has 0 heterocycles. The van der Waals surface area contributed by atoms with Gasteiger partial charge in [0, 0.05) is 11.0 Å². The second-order valence-corrected chi connectivity index (χ2v) is 4.47. The van der Waals surface area contributed by atoms with Crippen LogP contribution in [0.15, 0.2) is 28.7 Å². The van der Waals surface area contributed by atoms with Crippen molar-refractivity contribution in [1.29, 1.82) is 0 Å². The monoisotopic (exact) mass is 297 g/mol. The fourth-order valence-electron chi connectivity index (χ4n) is 1.02. The van der Waals surface area contributed by atoms with Gasteiger partial charge in [0.1, 0.15) is 0 Å². The van der Waals surface area contributed by atoms with Gasteiger partial charge in [0.05, 0.1) is 0 Å². The maximum Gasteiger partial charge on any atom is 0.430 e. The minimum absolute atomic E-state index is 0.0635. The fourth-order valence-corrected chi connectivity index (χ4v) is 1.47. The number of benzene rings is 1. The fraction of sp³-hybridized carbons (Fsp3) is 0.400. The van der Waals surface area contributed by atoms with Crippen LogP contribution in [0, 0.1) is 0 Å². The number of alkyl halides is 3. The van der Waals surface area contributed by atoms with Crippen molar-refractivity contribution in [1.82, 2.24) is 5.32 Å². The van der Waals surface area contributed by atoms with Gasteiger partial charge in [0.15, 0.2) is 0 Å². The third kappa shape index (κ3) is 3.47. The Labute approximate surface area is 99.6 Å². The molecule has 1 unspecified atom stereocenters. The molecular weight excluding hydrogens is 287 g/mol. The summed E-state index contributed by atoms with van der Waals surface area (Å²) in [6.07, 6.45) is -4.70. The molecule has 2 N–H and O–H groups in total. The smallest absolute Gasteiger partial charge is 0.368 e. The highest BCUT2D eigenvalue weighted by molar-refractivity contribution is 9.10. The van der Waals surface area contributed by atoms with Crippen molar-refractivity contribution in [2.24, 2.45) is 0 Å². The first-order valence-electron chi connectivity index (χ1n) is 4.51. The molecule has 0 saturated heterocycles. The third-order valence-corrected chi connectivity index (χ3v) is 2.57. The molecule has 0 fully saturated rings. The van der Waals surface area contributed by atoms with E-state index in [0.29, 0.717) is 12.5 Å². The summed E-state index contributed by atoms with van der Waals surface area (Å²) in [7, 11) is 0. The van der Waals surface area contributed by atoms with E-state index in [4.69, 9.17) is 5.11 Å². The molecular formula is C10H11BrF3NO. The molecule has 0 aliphatic rings. The largest absolute Gasteiger partial charge is 0.430 e. The molecule has 0 amide bonds. The first-order valence-corrected chi connectivity index (χ1v) is 5.30. The van der Waals surface area contributed by atoms with Gasteiger partial charge in [-0.3, -0.25) is 5.32 Å². The van der Waals surface area contributed by atoms with Crippen LogP contribution in [0.4, 0.5) is 13.2 Å². The number of rotatable bonds is 3. The molecule has 1 aromatic carbocycles. The van der Waals surface area contributed by atoms with Gasteiger partial charge in [-0.25, -0.2) is 0 Å². The molecule has 0 aromatic heterocycles. The molecule has 0 radical (unpaired) electrons. The molecule has 1 aromatic rings. The molecule has 1 rings (SSSR count). The number of aliphatic hydroxyl groups is 1. The van der Waals surface area contributed by atoms with Crippen LogP contribution in [0.25, 0.3) is 0 Å². The SMILES string of the molecule is CC(O)(NCc1cccc(Br)c1)C(F)(F)F. The Morgan fingerprint density at radius 2 is 2.00 bits per heavy atom. The maximum absolute atomic E-state index is 12.3. The molecule has 0 aliphatic carbocycles. The zero-order valence-corrected chi connectivity index (χ0v) is 10.1. The van der Waals surface area contributed by atoms with Crippen molar-refractivity contribution < 1.29 is 18.3 Å². The average Bonchev–Trinajstić information content (AvgIpc) is 2.13.